The number of rotatable bonds is 4. The highest BCUT2D eigenvalue weighted by molar-refractivity contribution is 5.92. The van der Waals surface area contributed by atoms with Gasteiger partial charge in [-0.2, -0.15) is 5.26 Å². The van der Waals surface area contributed by atoms with Crippen molar-refractivity contribution in [1.29, 1.82) is 5.26 Å². The summed E-state index contributed by atoms with van der Waals surface area (Å²) >= 11 is 0. The van der Waals surface area contributed by atoms with Crippen LogP contribution in [0.4, 0.5) is 0 Å². The third-order valence-corrected chi connectivity index (χ3v) is 5.04. The van der Waals surface area contributed by atoms with Crippen LogP contribution in [0.15, 0.2) is 54.6 Å². The van der Waals surface area contributed by atoms with Crippen LogP contribution in [0.2, 0.25) is 0 Å². The minimum absolute atomic E-state index is 0.0227. The van der Waals surface area contributed by atoms with E-state index in [-0.39, 0.29) is 18.7 Å². The Morgan fingerprint density at radius 3 is 2.54 bits per heavy atom. The number of carbonyl (C=O) groups excluding carboxylic acids is 1. The summed E-state index contributed by atoms with van der Waals surface area (Å²) in [6.45, 7) is 2.80. The van der Waals surface area contributed by atoms with Crippen molar-refractivity contribution in [2.75, 3.05) is 33.0 Å². The van der Waals surface area contributed by atoms with Gasteiger partial charge in [0, 0.05) is 32.3 Å². The Kier molecular flexibility index (Phi) is 5.27. The first-order chi connectivity index (χ1) is 13.7. The number of carbonyl (C=O) groups is 1. The molecular weight excluding hydrogens is 354 g/mol. The number of hydrogen-bond donors (Lipinski definition) is 0. The highest BCUT2D eigenvalue weighted by atomic mass is 16.7. The molecule has 1 saturated heterocycles. The van der Waals surface area contributed by atoms with Gasteiger partial charge in [0.2, 0.25) is 12.7 Å². The van der Waals surface area contributed by atoms with E-state index in [1.165, 1.54) is 0 Å². The molecule has 2 heterocycles. The lowest BCUT2D eigenvalue weighted by molar-refractivity contribution is -0.127. The molecule has 1 atom stereocenters. The molecule has 0 aliphatic carbocycles. The van der Waals surface area contributed by atoms with E-state index in [1.54, 1.807) is 12.2 Å². The van der Waals surface area contributed by atoms with Crippen molar-refractivity contribution < 1.29 is 14.3 Å². The zero-order valence-electron chi connectivity index (χ0n) is 15.5. The molecule has 2 aromatic rings. The van der Waals surface area contributed by atoms with Gasteiger partial charge in [-0.25, -0.2) is 0 Å². The maximum atomic E-state index is 12.5. The number of piperazine rings is 1. The lowest BCUT2D eigenvalue weighted by atomic mass is 10.1. The third-order valence-electron chi connectivity index (χ3n) is 5.04. The van der Waals surface area contributed by atoms with Gasteiger partial charge in [0.1, 0.15) is 6.04 Å². The average molecular weight is 375 g/mol. The molecule has 0 N–H and O–H groups in total. The normalized spacial score (nSPS) is 17.5. The van der Waals surface area contributed by atoms with Crippen molar-refractivity contribution in [2.24, 2.45) is 0 Å². The van der Waals surface area contributed by atoms with Crippen LogP contribution in [0.5, 0.6) is 11.5 Å². The number of ether oxygens (including phenoxy) is 2. The first-order valence-corrected chi connectivity index (χ1v) is 9.30. The summed E-state index contributed by atoms with van der Waals surface area (Å²) in [7, 11) is 0. The monoisotopic (exact) mass is 375 g/mol. The van der Waals surface area contributed by atoms with Crippen LogP contribution < -0.4 is 9.47 Å². The van der Waals surface area contributed by atoms with Gasteiger partial charge in [0.15, 0.2) is 11.5 Å². The van der Waals surface area contributed by atoms with E-state index in [0.717, 1.165) is 16.9 Å². The predicted molar refractivity (Wildman–Crippen MR) is 105 cm³/mol. The second-order valence-corrected chi connectivity index (χ2v) is 6.75. The number of hydrogen-bond acceptors (Lipinski definition) is 5. The maximum absolute atomic E-state index is 12.5. The van der Waals surface area contributed by atoms with Crippen molar-refractivity contribution in [3.8, 4) is 17.6 Å². The van der Waals surface area contributed by atoms with Gasteiger partial charge in [0.05, 0.1) is 6.07 Å². The number of nitriles is 1. The van der Waals surface area contributed by atoms with Crippen LogP contribution in [0, 0.1) is 11.3 Å². The molecule has 2 aliphatic heterocycles. The van der Waals surface area contributed by atoms with E-state index >= 15 is 0 Å². The first-order valence-electron chi connectivity index (χ1n) is 9.30. The Labute approximate surface area is 164 Å². The predicted octanol–water partition coefficient (Wildman–Crippen LogP) is 2.84. The van der Waals surface area contributed by atoms with Crippen LogP contribution in [-0.2, 0) is 4.79 Å². The lowest BCUT2D eigenvalue weighted by Crippen LogP contribution is -2.49. The summed E-state index contributed by atoms with van der Waals surface area (Å²) in [5, 5.41) is 9.58. The number of amides is 1. The third kappa shape index (κ3) is 3.85. The van der Waals surface area contributed by atoms with Crippen LogP contribution >= 0.6 is 0 Å². The molecule has 0 aromatic heterocycles. The molecule has 1 amide bonds. The summed E-state index contributed by atoms with van der Waals surface area (Å²) in [6, 6.07) is 17.5. The zero-order chi connectivity index (χ0) is 19.3. The van der Waals surface area contributed by atoms with Gasteiger partial charge in [-0.3, -0.25) is 9.69 Å². The fourth-order valence-corrected chi connectivity index (χ4v) is 3.49. The Balaban J connectivity index is 1.34. The molecule has 0 saturated carbocycles. The standard InChI is InChI=1S/C22H21N3O3/c23-15-19(18-4-2-1-3-5-18)24-10-12-25(13-11-24)22(26)9-7-17-6-8-20-21(14-17)28-16-27-20/h1-9,14,19H,10-13,16H2. The molecule has 6 heteroatoms. The molecule has 1 fully saturated rings. The van der Waals surface area contributed by atoms with Crippen molar-refractivity contribution in [2.45, 2.75) is 6.04 Å². The van der Waals surface area contributed by atoms with Gasteiger partial charge in [0.25, 0.3) is 0 Å². The molecular formula is C22H21N3O3. The molecule has 6 nitrogen and oxygen atoms in total. The fraction of sp³-hybridized carbons (Fsp3) is 0.273. The SMILES string of the molecule is N#CC(c1ccccc1)N1CCN(C(=O)C=Cc2ccc3c(c2)OCO3)CC1. The highest BCUT2D eigenvalue weighted by Crippen LogP contribution is 2.32. The van der Waals surface area contributed by atoms with E-state index in [2.05, 4.69) is 11.0 Å². The van der Waals surface area contributed by atoms with Crippen LogP contribution in [-0.4, -0.2) is 48.7 Å². The first kappa shape index (κ1) is 18.1. The van der Waals surface area contributed by atoms with Gasteiger partial charge >= 0.3 is 0 Å². The van der Waals surface area contributed by atoms with Gasteiger partial charge in [-0.15, -0.1) is 0 Å². The van der Waals surface area contributed by atoms with Crippen molar-refractivity contribution >= 4 is 12.0 Å². The topological polar surface area (TPSA) is 65.8 Å². The number of nitrogens with zero attached hydrogens (tertiary/aromatic N) is 3. The van der Waals surface area contributed by atoms with Crippen molar-refractivity contribution in [3.05, 3.63) is 65.7 Å². The second kappa shape index (κ2) is 8.15. The smallest absolute Gasteiger partial charge is 0.246 e. The molecule has 28 heavy (non-hydrogen) atoms. The Bertz CT molecular complexity index is 912. The molecule has 0 radical (unpaired) electrons. The summed E-state index contributed by atoms with van der Waals surface area (Å²) in [4.78, 5) is 16.5. The molecule has 142 valence electrons. The molecule has 0 bridgehead atoms. The number of fused-ring (bicyclic) bond motifs is 1. The van der Waals surface area contributed by atoms with Crippen molar-refractivity contribution in [1.82, 2.24) is 9.80 Å². The quantitative estimate of drug-likeness (QED) is 0.769. The molecule has 4 rings (SSSR count). The minimum Gasteiger partial charge on any atom is -0.454 e. The van der Waals surface area contributed by atoms with Crippen LogP contribution in [0.25, 0.3) is 6.08 Å². The molecule has 1 unspecified atom stereocenters. The van der Waals surface area contributed by atoms with Crippen LogP contribution in [0.3, 0.4) is 0 Å². The second-order valence-electron chi connectivity index (χ2n) is 6.75. The van der Waals surface area contributed by atoms with Gasteiger partial charge in [-0.1, -0.05) is 36.4 Å². The van der Waals surface area contributed by atoms with E-state index in [0.29, 0.717) is 31.9 Å². The van der Waals surface area contributed by atoms with E-state index in [9.17, 15) is 10.1 Å². The molecule has 0 spiro atoms. The minimum atomic E-state index is -0.275. The highest BCUT2D eigenvalue weighted by Gasteiger charge is 2.26. The average Bonchev–Trinajstić information content (AvgIpc) is 3.22. The lowest BCUT2D eigenvalue weighted by Gasteiger charge is -2.36. The van der Waals surface area contributed by atoms with Crippen molar-refractivity contribution in [3.63, 3.8) is 0 Å². The van der Waals surface area contributed by atoms with Gasteiger partial charge in [-0.05, 0) is 29.3 Å². The van der Waals surface area contributed by atoms with E-state index < -0.39 is 0 Å². The largest absolute Gasteiger partial charge is 0.454 e. The maximum Gasteiger partial charge on any atom is 0.246 e. The summed E-state index contributed by atoms with van der Waals surface area (Å²) in [6.07, 6.45) is 3.38. The Morgan fingerprint density at radius 2 is 1.79 bits per heavy atom. The van der Waals surface area contributed by atoms with Crippen LogP contribution in [0.1, 0.15) is 17.2 Å². The summed E-state index contributed by atoms with van der Waals surface area (Å²) < 4.78 is 10.7. The Morgan fingerprint density at radius 1 is 1.04 bits per heavy atom. The van der Waals surface area contributed by atoms with E-state index in [4.69, 9.17) is 9.47 Å². The summed E-state index contributed by atoms with van der Waals surface area (Å²) in [5.41, 5.74) is 1.89. The Hall–Kier alpha value is -3.30. The fourth-order valence-electron chi connectivity index (χ4n) is 3.49. The zero-order valence-corrected chi connectivity index (χ0v) is 15.5. The van der Waals surface area contributed by atoms with E-state index in [1.807, 2.05) is 53.4 Å². The molecule has 2 aliphatic rings. The van der Waals surface area contributed by atoms with Gasteiger partial charge < -0.3 is 14.4 Å². The summed E-state index contributed by atoms with van der Waals surface area (Å²) in [5.74, 6) is 1.40. The number of benzene rings is 2. The molecule has 2 aromatic carbocycles.